The standard InChI is InChI=1S/C20H19ClN2O3/c1-20(2,26-15-8-5-13(21)6-9-15)19(24)22-14-7-10-17-16(11-14)23-18(25-17)12-3-4-12/h5-12H,3-4H2,1-2H3,(H,22,24). The molecule has 1 amide bonds. The van der Waals surface area contributed by atoms with Gasteiger partial charge in [0.05, 0.1) is 0 Å². The van der Waals surface area contributed by atoms with E-state index in [2.05, 4.69) is 10.3 Å². The van der Waals surface area contributed by atoms with Gasteiger partial charge in [-0.2, -0.15) is 0 Å². The van der Waals surface area contributed by atoms with E-state index >= 15 is 0 Å². The molecule has 6 heteroatoms. The minimum absolute atomic E-state index is 0.252. The molecule has 1 fully saturated rings. The van der Waals surface area contributed by atoms with E-state index in [9.17, 15) is 4.79 Å². The second-order valence-corrected chi connectivity index (χ2v) is 7.47. The average Bonchev–Trinajstić information content (AvgIpc) is 3.36. The van der Waals surface area contributed by atoms with E-state index in [1.54, 1.807) is 44.2 Å². The van der Waals surface area contributed by atoms with Crippen molar-refractivity contribution in [3.05, 3.63) is 53.4 Å². The third-order valence-corrected chi connectivity index (χ3v) is 4.57. The third kappa shape index (κ3) is 3.53. The van der Waals surface area contributed by atoms with E-state index in [0.717, 1.165) is 29.8 Å². The number of hydrogen-bond donors (Lipinski definition) is 1. The highest BCUT2D eigenvalue weighted by atomic mass is 35.5. The van der Waals surface area contributed by atoms with Crippen LogP contribution in [0.1, 0.15) is 38.5 Å². The predicted molar refractivity (Wildman–Crippen MR) is 101 cm³/mol. The largest absolute Gasteiger partial charge is 0.478 e. The van der Waals surface area contributed by atoms with Crippen molar-refractivity contribution in [3.63, 3.8) is 0 Å². The molecule has 0 spiro atoms. The number of benzene rings is 2. The van der Waals surface area contributed by atoms with Crippen LogP contribution in [-0.4, -0.2) is 16.5 Å². The second kappa shape index (κ2) is 6.32. The number of carbonyl (C=O) groups excluding carboxylic acids is 1. The van der Waals surface area contributed by atoms with Crippen LogP contribution in [0.25, 0.3) is 11.1 Å². The molecular formula is C20H19ClN2O3. The van der Waals surface area contributed by atoms with E-state index in [4.69, 9.17) is 20.8 Å². The molecule has 1 aliphatic rings. The van der Waals surface area contributed by atoms with Gasteiger partial charge < -0.3 is 14.5 Å². The van der Waals surface area contributed by atoms with Crippen LogP contribution in [0.4, 0.5) is 5.69 Å². The zero-order valence-corrected chi connectivity index (χ0v) is 15.3. The molecule has 4 rings (SSSR count). The van der Waals surface area contributed by atoms with Gasteiger partial charge in [0.1, 0.15) is 11.3 Å². The number of nitrogens with zero attached hydrogens (tertiary/aromatic N) is 1. The first-order chi connectivity index (χ1) is 12.4. The minimum Gasteiger partial charge on any atom is -0.478 e. The van der Waals surface area contributed by atoms with Gasteiger partial charge in [0.15, 0.2) is 17.1 Å². The maximum Gasteiger partial charge on any atom is 0.267 e. The fraction of sp³-hybridized carbons (Fsp3) is 0.300. The van der Waals surface area contributed by atoms with Crippen molar-refractivity contribution in [2.45, 2.75) is 38.2 Å². The Morgan fingerprint density at radius 1 is 1.23 bits per heavy atom. The van der Waals surface area contributed by atoms with Crippen LogP contribution in [-0.2, 0) is 4.79 Å². The molecule has 0 bridgehead atoms. The lowest BCUT2D eigenvalue weighted by atomic mass is 10.1. The molecule has 0 saturated heterocycles. The predicted octanol–water partition coefficient (Wildman–Crippen LogP) is 5.15. The van der Waals surface area contributed by atoms with E-state index in [1.165, 1.54) is 0 Å². The second-order valence-electron chi connectivity index (χ2n) is 7.03. The summed E-state index contributed by atoms with van der Waals surface area (Å²) >= 11 is 5.88. The molecule has 1 aromatic heterocycles. The number of oxazole rings is 1. The number of ether oxygens (including phenoxy) is 1. The highest BCUT2D eigenvalue weighted by Crippen LogP contribution is 2.40. The number of nitrogens with one attached hydrogen (secondary N) is 1. The monoisotopic (exact) mass is 370 g/mol. The lowest BCUT2D eigenvalue weighted by Crippen LogP contribution is -2.42. The van der Waals surface area contributed by atoms with Crippen LogP contribution in [0.5, 0.6) is 5.75 Å². The van der Waals surface area contributed by atoms with Crippen LogP contribution in [0, 0.1) is 0 Å². The van der Waals surface area contributed by atoms with Gasteiger partial charge in [-0.3, -0.25) is 4.79 Å². The highest BCUT2D eigenvalue weighted by molar-refractivity contribution is 6.30. The van der Waals surface area contributed by atoms with Gasteiger partial charge in [0, 0.05) is 16.6 Å². The Morgan fingerprint density at radius 2 is 1.96 bits per heavy atom. The molecule has 0 unspecified atom stereocenters. The molecule has 3 aromatic rings. The van der Waals surface area contributed by atoms with Crippen LogP contribution in [0.2, 0.25) is 5.02 Å². The van der Waals surface area contributed by atoms with Gasteiger partial charge in [-0.15, -0.1) is 0 Å². The summed E-state index contributed by atoms with van der Waals surface area (Å²) in [6, 6.07) is 12.4. The summed E-state index contributed by atoms with van der Waals surface area (Å²) in [5.41, 5.74) is 1.10. The molecule has 0 atom stereocenters. The SMILES string of the molecule is CC(C)(Oc1ccc(Cl)cc1)C(=O)Nc1ccc2oc(C3CC3)nc2c1. The summed E-state index contributed by atoms with van der Waals surface area (Å²) in [6.07, 6.45) is 2.26. The smallest absolute Gasteiger partial charge is 0.267 e. The van der Waals surface area contributed by atoms with Crippen LogP contribution in [0.15, 0.2) is 46.9 Å². The Morgan fingerprint density at radius 3 is 2.65 bits per heavy atom. The van der Waals surface area contributed by atoms with Gasteiger partial charge in [0.25, 0.3) is 5.91 Å². The molecule has 26 heavy (non-hydrogen) atoms. The normalized spacial score (nSPS) is 14.4. The van der Waals surface area contributed by atoms with Crippen LogP contribution >= 0.6 is 11.6 Å². The van der Waals surface area contributed by atoms with Crippen LogP contribution < -0.4 is 10.1 Å². The maximum atomic E-state index is 12.7. The lowest BCUT2D eigenvalue weighted by molar-refractivity contribution is -0.128. The maximum absolute atomic E-state index is 12.7. The fourth-order valence-corrected chi connectivity index (χ4v) is 2.78. The van der Waals surface area contributed by atoms with E-state index in [0.29, 0.717) is 22.4 Å². The zero-order chi connectivity index (χ0) is 18.3. The molecule has 2 aromatic carbocycles. The van der Waals surface area contributed by atoms with Crippen molar-refractivity contribution < 1.29 is 13.9 Å². The first-order valence-electron chi connectivity index (χ1n) is 8.57. The van der Waals surface area contributed by atoms with Crippen LogP contribution in [0.3, 0.4) is 0 Å². The molecule has 1 saturated carbocycles. The zero-order valence-electron chi connectivity index (χ0n) is 14.6. The number of aromatic nitrogens is 1. The summed E-state index contributed by atoms with van der Waals surface area (Å²) < 4.78 is 11.6. The molecule has 1 heterocycles. The Bertz CT molecular complexity index is 959. The number of carbonyl (C=O) groups is 1. The fourth-order valence-electron chi connectivity index (χ4n) is 2.65. The van der Waals surface area contributed by atoms with Gasteiger partial charge in [-0.1, -0.05) is 11.6 Å². The number of halogens is 1. The molecule has 5 nitrogen and oxygen atoms in total. The Hall–Kier alpha value is -2.53. The molecule has 134 valence electrons. The van der Waals surface area contributed by atoms with E-state index in [1.807, 2.05) is 12.1 Å². The molecule has 0 aliphatic heterocycles. The lowest BCUT2D eigenvalue weighted by Gasteiger charge is -2.25. The first kappa shape index (κ1) is 16.9. The minimum atomic E-state index is -1.05. The van der Waals surface area contributed by atoms with Crippen molar-refractivity contribution in [1.82, 2.24) is 4.98 Å². The third-order valence-electron chi connectivity index (χ3n) is 4.32. The van der Waals surface area contributed by atoms with Crippen molar-refractivity contribution >= 4 is 34.3 Å². The van der Waals surface area contributed by atoms with Crippen molar-refractivity contribution in [1.29, 1.82) is 0 Å². The number of hydrogen-bond acceptors (Lipinski definition) is 4. The first-order valence-corrected chi connectivity index (χ1v) is 8.95. The summed E-state index contributed by atoms with van der Waals surface area (Å²) in [4.78, 5) is 17.2. The molecular weight excluding hydrogens is 352 g/mol. The van der Waals surface area contributed by atoms with E-state index < -0.39 is 5.60 Å². The molecule has 1 N–H and O–H groups in total. The van der Waals surface area contributed by atoms with Gasteiger partial charge >= 0.3 is 0 Å². The van der Waals surface area contributed by atoms with E-state index in [-0.39, 0.29) is 5.91 Å². The number of anilines is 1. The van der Waals surface area contributed by atoms with Gasteiger partial charge in [-0.05, 0) is 69.2 Å². The summed E-state index contributed by atoms with van der Waals surface area (Å²) in [5, 5.41) is 3.51. The van der Waals surface area contributed by atoms with Gasteiger partial charge in [-0.25, -0.2) is 4.98 Å². The number of rotatable bonds is 5. The topological polar surface area (TPSA) is 64.4 Å². The molecule has 0 radical (unpaired) electrons. The quantitative estimate of drug-likeness (QED) is 0.674. The van der Waals surface area contributed by atoms with Crippen molar-refractivity contribution in [3.8, 4) is 5.75 Å². The summed E-state index contributed by atoms with van der Waals surface area (Å²) in [5.74, 6) is 1.57. The Balaban J connectivity index is 1.48. The van der Waals surface area contributed by atoms with Crippen molar-refractivity contribution in [2.75, 3.05) is 5.32 Å². The average molecular weight is 371 g/mol. The van der Waals surface area contributed by atoms with Crippen molar-refractivity contribution in [2.24, 2.45) is 0 Å². The summed E-state index contributed by atoms with van der Waals surface area (Å²) in [6.45, 7) is 3.44. The molecule has 1 aliphatic carbocycles. The highest BCUT2D eigenvalue weighted by Gasteiger charge is 2.31. The Kier molecular flexibility index (Phi) is 4.11. The summed E-state index contributed by atoms with van der Waals surface area (Å²) in [7, 11) is 0. The number of amides is 1. The van der Waals surface area contributed by atoms with Gasteiger partial charge in [0.2, 0.25) is 0 Å². The Labute approximate surface area is 156 Å². The number of fused-ring (bicyclic) bond motifs is 1.